The molecule has 2 N–H and O–H groups in total. The van der Waals surface area contributed by atoms with Gasteiger partial charge in [0.25, 0.3) is 0 Å². The van der Waals surface area contributed by atoms with Crippen LogP contribution in [0.2, 0.25) is 0 Å². The normalized spacial score (nSPS) is 15.5. The van der Waals surface area contributed by atoms with Gasteiger partial charge in [0, 0.05) is 19.4 Å². The van der Waals surface area contributed by atoms with Gasteiger partial charge in [0.05, 0.1) is 6.04 Å². The van der Waals surface area contributed by atoms with Crippen molar-refractivity contribution >= 4 is 5.78 Å². The van der Waals surface area contributed by atoms with Crippen molar-refractivity contribution in [3.63, 3.8) is 0 Å². The second kappa shape index (κ2) is 5.88. The summed E-state index contributed by atoms with van der Waals surface area (Å²) in [6, 6.07) is 6.07. The van der Waals surface area contributed by atoms with E-state index in [-0.39, 0.29) is 6.04 Å². The number of hydrogen-bond acceptors (Lipinski definition) is 5. The molecule has 1 aliphatic rings. The lowest BCUT2D eigenvalue weighted by atomic mass is 9.91. The summed E-state index contributed by atoms with van der Waals surface area (Å²) >= 11 is 0. The number of nitrogens with zero attached hydrogens (tertiary/aromatic N) is 3. The maximum Gasteiger partial charge on any atom is 0.322 e. The van der Waals surface area contributed by atoms with Gasteiger partial charge in [-0.2, -0.15) is 0 Å². The Morgan fingerprint density at radius 2 is 2.14 bits per heavy atom. The van der Waals surface area contributed by atoms with Crippen molar-refractivity contribution in [2.45, 2.75) is 45.7 Å². The van der Waals surface area contributed by atoms with Crippen LogP contribution >= 0.6 is 0 Å². The van der Waals surface area contributed by atoms with Gasteiger partial charge >= 0.3 is 6.01 Å². The second-order valence-electron chi connectivity index (χ2n) is 5.62. The topological polar surface area (TPSA) is 83.0 Å². The van der Waals surface area contributed by atoms with Gasteiger partial charge in [0.1, 0.15) is 11.5 Å². The van der Waals surface area contributed by atoms with Gasteiger partial charge in [-0.05, 0) is 43.5 Å². The highest BCUT2D eigenvalue weighted by Gasteiger charge is 2.18. The Hall–Kier alpha value is -2.21. The van der Waals surface area contributed by atoms with Crippen molar-refractivity contribution in [3.8, 4) is 11.8 Å². The fourth-order valence-corrected chi connectivity index (χ4v) is 2.76. The summed E-state index contributed by atoms with van der Waals surface area (Å²) in [6.07, 6.45) is 1.91. The number of carbonyl (C=O) groups excluding carboxylic acids is 1. The molecule has 6 heteroatoms. The monoisotopic (exact) mass is 300 g/mol. The molecule has 0 saturated heterocycles. The summed E-state index contributed by atoms with van der Waals surface area (Å²) in [5, 5.41) is 8.18. The number of benzene rings is 1. The first kappa shape index (κ1) is 14.7. The van der Waals surface area contributed by atoms with E-state index in [2.05, 4.69) is 10.2 Å². The fraction of sp³-hybridized carbons (Fsp3) is 0.438. The molecule has 3 rings (SSSR count). The highest BCUT2D eigenvalue weighted by Crippen LogP contribution is 2.27. The van der Waals surface area contributed by atoms with Crippen LogP contribution in [0.15, 0.2) is 18.2 Å². The molecule has 0 unspecified atom stereocenters. The molecule has 1 aromatic carbocycles. The third-order valence-electron chi connectivity index (χ3n) is 3.92. The summed E-state index contributed by atoms with van der Waals surface area (Å²) in [4.78, 5) is 11.5. The van der Waals surface area contributed by atoms with E-state index in [1.807, 2.05) is 36.6 Å². The molecule has 1 heterocycles. The van der Waals surface area contributed by atoms with Gasteiger partial charge in [-0.3, -0.25) is 9.36 Å². The molecular weight excluding hydrogens is 280 g/mol. The number of nitrogens with two attached hydrogens (primary N) is 1. The smallest absolute Gasteiger partial charge is 0.322 e. The van der Waals surface area contributed by atoms with Crippen LogP contribution in [-0.2, 0) is 24.2 Å². The highest BCUT2D eigenvalue weighted by molar-refractivity contribution is 5.83. The lowest BCUT2D eigenvalue weighted by Gasteiger charge is -2.16. The maximum atomic E-state index is 11.5. The summed E-state index contributed by atoms with van der Waals surface area (Å²) in [6.45, 7) is 4.56. The average molecular weight is 300 g/mol. The zero-order valence-corrected chi connectivity index (χ0v) is 12.9. The molecule has 1 atom stereocenters. The SMILES string of the molecule is CCn1c(Oc2ccc3c(c2)CCC(=O)C3)nnc1[C@@H](C)N. The number of fused-ring (bicyclic) bond motifs is 1. The maximum absolute atomic E-state index is 11.5. The minimum atomic E-state index is -0.195. The lowest BCUT2D eigenvalue weighted by molar-refractivity contribution is -0.118. The molecule has 116 valence electrons. The zero-order valence-electron chi connectivity index (χ0n) is 12.9. The summed E-state index contributed by atoms with van der Waals surface area (Å²) in [5.74, 6) is 1.72. The van der Waals surface area contributed by atoms with Crippen molar-refractivity contribution in [2.75, 3.05) is 0 Å². The van der Waals surface area contributed by atoms with Crippen molar-refractivity contribution in [1.29, 1.82) is 0 Å². The van der Waals surface area contributed by atoms with Crippen molar-refractivity contribution < 1.29 is 9.53 Å². The molecule has 1 aromatic heterocycles. The summed E-state index contributed by atoms with van der Waals surface area (Å²) in [5.41, 5.74) is 8.16. The molecule has 0 bridgehead atoms. The number of hydrogen-bond donors (Lipinski definition) is 1. The minimum Gasteiger partial charge on any atom is -0.424 e. The Balaban J connectivity index is 1.86. The van der Waals surface area contributed by atoms with Gasteiger partial charge in [-0.25, -0.2) is 0 Å². The minimum absolute atomic E-state index is 0.195. The molecule has 0 fully saturated rings. The largest absolute Gasteiger partial charge is 0.424 e. The molecule has 0 radical (unpaired) electrons. The van der Waals surface area contributed by atoms with Crippen LogP contribution in [0.5, 0.6) is 11.8 Å². The Kier molecular flexibility index (Phi) is 3.94. The summed E-state index contributed by atoms with van der Waals surface area (Å²) in [7, 11) is 0. The molecule has 22 heavy (non-hydrogen) atoms. The second-order valence-corrected chi connectivity index (χ2v) is 5.62. The van der Waals surface area contributed by atoms with E-state index in [1.165, 1.54) is 5.56 Å². The van der Waals surface area contributed by atoms with Crippen molar-refractivity contribution in [3.05, 3.63) is 35.2 Å². The van der Waals surface area contributed by atoms with E-state index in [4.69, 9.17) is 10.5 Å². The standard InChI is InChI=1S/C16H20N4O2/c1-3-20-15(10(2)17)18-19-16(20)22-14-7-5-11-8-13(21)6-4-12(11)9-14/h5,7,9-10H,3-4,6,8,17H2,1-2H3/t10-/m1/s1. The van der Waals surface area contributed by atoms with Gasteiger partial charge in [0.15, 0.2) is 5.82 Å². The Morgan fingerprint density at radius 3 is 2.86 bits per heavy atom. The Labute approximate surface area is 129 Å². The molecule has 6 nitrogen and oxygen atoms in total. The van der Waals surface area contributed by atoms with Crippen molar-refractivity contribution in [1.82, 2.24) is 14.8 Å². The van der Waals surface area contributed by atoms with Gasteiger partial charge in [-0.15, -0.1) is 5.10 Å². The first-order chi connectivity index (χ1) is 10.6. The fourth-order valence-electron chi connectivity index (χ4n) is 2.76. The molecular formula is C16H20N4O2. The molecule has 0 aliphatic heterocycles. The van der Waals surface area contributed by atoms with E-state index in [0.29, 0.717) is 42.8 Å². The first-order valence-corrected chi connectivity index (χ1v) is 7.58. The van der Waals surface area contributed by atoms with Crippen molar-refractivity contribution in [2.24, 2.45) is 5.73 Å². The third kappa shape index (κ3) is 2.74. The van der Waals surface area contributed by atoms with Crippen LogP contribution in [-0.4, -0.2) is 20.5 Å². The number of carbonyl (C=O) groups is 1. The number of rotatable bonds is 4. The number of aromatic nitrogens is 3. The number of ether oxygens (including phenoxy) is 1. The Bertz CT molecular complexity index is 706. The van der Waals surface area contributed by atoms with Crippen LogP contribution in [0.25, 0.3) is 0 Å². The van der Waals surface area contributed by atoms with E-state index in [0.717, 1.165) is 12.0 Å². The number of aryl methyl sites for hydroxylation is 1. The van der Waals surface area contributed by atoms with Crippen LogP contribution < -0.4 is 10.5 Å². The van der Waals surface area contributed by atoms with Gasteiger partial charge < -0.3 is 10.5 Å². The number of Topliss-reactive ketones (excluding diaryl/α,β-unsaturated/α-hetero) is 1. The number of ketones is 1. The predicted molar refractivity (Wildman–Crippen MR) is 81.8 cm³/mol. The third-order valence-corrected chi connectivity index (χ3v) is 3.92. The molecule has 0 amide bonds. The summed E-state index contributed by atoms with van der Waals surface area (Å²) < 4.78 is 7.74. The van der Waals surface area contributed by atoms with E-state index in [1.54, 1.807) is 0 Å². The van der Waals surface area contributed by atoms with E-state index >= 15 is 0 Å². The van der Waals surface area contributed by atoms with Crippen LogP contribution in [0.4, 0.5) is 0 Å². The Morgan fingerprint density at radius 1 is 1.32 bits per heavy atom. The highest BCUT2D eigenvalue weighted by atomic mass is 16.5. The van der Waals surface area contributed by atoms with Crippen LogP contribution in [0, 0.1) is 0 Å². The average Bonchev–Trinajstić information content (AvgIpc) is 2.90. The molecule has 0 spiro atoms. The van der Waals surface area contributed by atoms with E-state index < -0.39 is 0 Å². The van der Waals surface area contributed by atoms with Gasteiger partial charge in [0.2, 0.25) is 0 Å². The zero-order chi connectivity index (χ0) is 15.7. The van der Waals surface area contributed by atoms with Crippen LogP contribution in [0.1, 0.15) is 43.3 Å². The molecule has 0 saturated carbocycles. The van der Waals surface area contributed by atoms with E-state index in [9.17, 15) is 4.79 Å². The van der Waals surface area contributed by atoms with Gasteiger partial charge in [-0.1, -0.05) is 11.2 Å². The predicted octanol–water partition coefficient (Wildman–Crippen LogP) is 2.17. The quantitative estimate of drug-likeness (QED) is 0.935. The first-order valence-electron chi connectivity index (χ1n) is 7.58. The molecule has 2 aromatic rings. The van der Waals surface area contributed by atoms with Crippen LogP contribution in [0.3, 0.4) is 0 Å². The molecule has 1 aliphatic carbocycles. The lowest BCUT2D eigenvalue weighted by Crippen LogP contribution is -2.14.